The Hall–Kier alpha value is -2.23. The lowest BCUT2D eigenvalue weighted by molar-refractivity contribution is 0.229. The molecule has 1 heterocycles. The Morgan fingerprint density at radius 1 is 1.41 bits per heavy atom. The Morgan fingerprint density at radius 3 is 2.91 bits per heavy atom. The van der Waals surface area contributed by atoms with Gasteiger partial charge in [-0.25, -0.2) is 17.9 Å². The number of carbonyl (C=O) groups is 1. The molecule has 8 nitrogen and oxygen atoms in total. The van der Waals surface area contributed by atoms with Crippen molar-refractivity contribution >= 4 is 28.0 Å². The first-order valence-electron chi connectivity index (χ1n) is 6.48. The van der Waals surface area contributed by atoms with Crippen molar-refractivity contribution in [2.75, 3.05) is 25.1 Å². The molecule has 118 valence electrons. The highest BCUT2D eigenvalue weighted by atomic mass is 32.2. The molecule has 0 bridgehead atoms. The fraction of sp³-hybridized carbons (Fsp3) is 0.231. The molecule has 0 unspecified atom stereocenters. The molecule has 2 amide bonds. The van der Waals surface area contributed by atoms with Gasteiger partial charge in [0.15, 0.2) is 0 Å². The van der Waals surface area contributed by atoms with Gasteiger partial charge in [-0.3, -0.25) is 9.89 Å². The number of hydrogen-bond donors (Lipinski definition) is 3. The van der Waals surface area contributed by atoms with E-state index in [9.17, 15) is 13.2 Å². The summed E-state index contributed by atoms with van der Waals surface area (Å²) < 4.78 is 26.1. The minimum Gasteiger partial charge on any atom is -0.395 e. The number of rotatable bonds is 5. The number of anilines is 1. The van der Waals surface area contributed by atoms with Crippen LogP contribution in [0.25, 0.3) is 0 Å². The zero-order chi connectivity index (χ0) is 16.0. The van der Waals surface area contributed by atoms with Crippen LogP contribution in [0.15, 0.2) is 46.4 Å². The zero-order valence-electron chi connectivity index (χ0n) is 11.6. The third kappa shape index (κ3) is 4.13. The van der Waals surface area contributed by atoms with E-state index in [1.54, 1.807) is 24.6 Å². The highest BCUT2D eigenvalue weighted by Gasteiger charge is 2.15. The number of aliphatic hydroxyl groups excluding tert-OH is 1. The van der Waals surface area contributed by atoms with Gasteiger partial charge in [0.25, 0.3) is 0 Å². The Labute approximate surface area is 128 Å². The molecule has 0 atom stereocenters. The quantitative estimate of drug-likeness (QED) is 0.725. The van der Waals surface area contributed by atoms with E-state index >= 15 is 0 Å². The van der Waals surface area contributed by atoms with Crippen LogP contribution in [0.3, 0.4) is 0 Å². The van der Waals surface area contributed by atoms with E-state index < -0.39 is 16.1 Å². The average Bonchev–Trinajstić information content (AvgIpc) is 2.54. The third-order valence-corrected chi connectivity index (χ3v) is 4.21. The van der Waals surface area contributed by atoms with Gasteiger partial charge in [0.1, 0.15) is 6.67 Å². The van der Waals surface area contributed by atoms with Crippen molar-refractivity contribution in [3.8, 4) is 0 Å². The van der Waals surface area contributed by atoms with E-state index in [1.807, 2.05) is 0 Å². The molecule has 0 saturated carbocycles. The zero-order valence-corrected chi connectivity index (χ0v) is 12.5. The molecule has 1 aliphatic rings. The van der Waals surface area contributed by atoms with Gasteiger partial charge in [-0.05, 0) is 24.3 Å². The summed E-state index contributed by atoms with van der Waals surface area (Å²) in [7, 11) is -3.72. The molecule has 22 heavy (non-hydrogen) atoms. The molecule has 1 aromatic rings. The van der Waals surface area contributed by atoms with Gasteiger partial charge in [-0.15, -0.1) is 0 Å². The predicted octanol–water partition coefficient (Wildman–Crippen LogP) is 0.347. The first-order valence-corrected chi connectivity index (χ1v) is 7.96. The van der Waals surface area contributed by atoms with Crippen LogP contribution >= 0.6 is 0 Å². The number of allylic oxidation sites excluding steroid dienone is 1. The molecule has 2 rings (SSSR count). The molecular formula is C13H16N4O4S. The first-order chi connectivity index (χ1) is 10.5. The van der Waals surface area contributed by atoms with Gasteiger partial charge in [-0.1, -0.05) is 6.07 Å². The SMILES string of the molecule is O=C(Nc1cccc(S(=O)(=O)NCCO)c1)N1C=CC=NC1. The molecule has 0 aromatic heterocycles. The number of aliphatic hydroxyl groups is 1. The van der Waals surface area contributed by atoms with Crippen molar-refractivity contribution in [1.29, 1.82) is 0 Å². The Balaban J connectivity index is 2.10. The van der Waals surface area contributed by atoms with E-state index in [-0.39, 0.29) is 24.7 Å². The van der Waals surface area contributed by atoms with Crippen molar-refractivity contribution in [3.63, 3.8) is 0 Å². The number of urea groups is 1. The van der Waals surface area contributed by atoms with E-state index in [0.29, 0.717) is 5.69 Å². The number of carbonyl (C=O) groups excluding carboxylic acids is 1. The average molecular weight is 324 g/mol. The smallest absolute Gasteiger partial charge is 0.327 e. The molecule has 3 N–H and O–H groups in total. The maximum atomic E-state index is 12.0. The fourth-order valence-electron chi connectivity index (χ4n) is 1.72. The maximum absolute atomic E-state index is 12.0. The monoisotopic (exact) mass is 324 g/mol. The van der Waals surface area contributed by atoms with Crippen molar-refractivity contribution in [1.82, 2.24) is 9.62 Å². The minimum absolute atomic E-state index is 0.00552. The number of benzene rings is 1. The van der Waals surface area contributed by atoms with Crippen LogP contribution < -0.4 is 10.0 Å². The highest BCUT2D eigenvalue weighted by molar-refractivity contribution is 7.89. The number of sulfonamides is 1. The second-order valence-electron chi connectivity index (χ2n) is 4.36. The maximum Gasteiger partial charge on any atom is 0.327 e. The number of aliphatic imine (C=N–C) groups is 1. The van der Waals surface area contributed by atoms with Crippen LogP contribution in [0.5, 0.6) is 0 Å². The number of amides is 2. The second-order valence-corrected chi connectivity index (χ2v) is 6.13. The van der Waals surface area contributed by atoms with Crippen LogP contribution in [-0.2, 0) is 10.0 Å². The molecule has 0 radical (unpaired) electrons. The predicted molar refractivity (Wildman–Crippen MR) is 82.1 cm³/mol. The van der Waals surface area contributed by atoms with E-state index in [1.165, 1.54) is 23.1 Å². The molecule has 1 aromatic carbocycles. The van der Waals surface area contributed by atoms with Gasteiger partial charge in [-0.2, -0.15) is 0 Å². The fourth-order valence-corrected chi connectivity index (χ4v) is 2.78. The molecular weight excluding hydrogens is 308 g/mol. The molecule has 0 spiro atoms. The number of nitrogens with one attached hydrogen (secondary N) is 2. The minimum atomic E-state index is -3.72. The van der Waals surface area contributed by atoms with Crippen molar-refractivity contribution < 1.29 is 18.3 Å². The summed E-state index contributed by atoms with van der Waals surface area (Å²) in [6.07, 6.45) is 4.79. The molecule has 0 fully saturated rings. The summed E-state index contributed by atoms with van der Waals surface area (Å²) in [5.41, 5.74) is 0.347. The van der Waals surface area contributed by atoms with Crippen LogP contribution in [0.2, 0.25) is 0 Å². The number of hydrogen-bond acceptors (Lipinski definition) is 5. The first kappa shape index (κ1) is 16.1. The highest BCUT2D eigenvalue weighted by Crippen LogP contribution is 2.16. The molecule has 0 saturated heterocycles. The normalized spacial score (nSPS) is 14.1. The van der Waals surface area contributed by atoms with Gasteiger partial charge in [0.2, 0.25) is 10.0 Å². The second kappa shape index (κ2) is 7.16. The Morgan fingerprint density at radius 2 is 2.23 bits per heavy atom. The van der Waals surface area contributed by atoms with Crippen LogP contribution in [-0.4, -0.2) is 50.5 Å². The molecule has 1 aliphatic heterocycles. The number of nitrogens with zero attached hydrogens (tertiary/aromatic N) is 2. The van der Waals surface area contributed by atoms with Crippen molar-refractivity contribution in [2.24, 2.45) is 4.99 Å². The van der Waals surface area contributed by atoms with Crippen molar-refractivity contribution in [3.05, 3.63) is 36.5 Å². The molecule has 0 aliphatic carbocycles. The van der Waals surface area contributed by atoms with Crippen LogP contribution in [0, 0.1) is 0 Å². The largest absolute Gasteiger partial charge is 0.395 e. The lowest BCUT2D eigenvalue weighted by Gasteiger charge is -2.18. The lowest BCUT2D eigenvalue weighted by Crippen LogP contribution is -2.32. The van der Waals surface area contributed by atoms with E-state index in [0.717, 1.165) is 0 Å². The van der Waals surface area contributed by atoms with E-state index in [2.05, 4.69) is 15.0 Å². The van der Waals surface area contributed by atoms with Gasteiger partial charge < -0.3 is 10.4 Å². The van der Waals surface area contributed by atoms with Gasteiger partial charge in [0, 0.05) is 24.6 Å². The van der Waals surface area contributed by atoms with Gasteiger partial charge >= 0.3 is 6.03 Å². The standard InChI is InChI=1S/C13H16N4O4S/c18-8-6-15-22(20,21)12-4-1-3-11(9-12)16-13(19)17-7-2-5-14-10-17/h1-5,7,9,15,18H,6,8,10H2,(H,16,19). The topological polar surface area (TPSA) is 111 Å². The summed E-state index contributed by atoms with van der Waals surface area (Å²) >= 11 is 0. The Kier molecular flexibility index (Phi) is 5.26. The summed E-state index contributed by atoms with van der Waals surface area (Å²) in [6, 6.07) is 5.44. The summed E-state index contributed by atoms with van der Waals surface area (Å²) in [6.45, 7) is -0.161. The molecule has 9 heteroatoms. The Bertz CT molecular complexity index is 700. The lowest BCUT2D eigenvalue weighted by atomic mass is 10.3. The van der Waals surface area contributed by atoms with Crippen LogP contribution in [0.1, 0.15) is 0 Å². The summed E-state index contributed by atoms with van der Waals surface area (Å²) in [4.78, 5) is 17.3. The van der Waals surface area contributed by atoms with E-state index in [4.69, 9.17) is 5.11 Å². The van der Waals surface area contributed by atoms with Crippen LogP contribution in [0.4, 0.5) is 10.5 Å². The van der Waals surface area contributed by atoms with Gasteiger partial charge in [0.05, 0.1) is 11.5 Å². The summed E-state index contributed by atoms with van der Waals surface area (Å²) in [5, 5.41) is 11.3. The summed E-state index contributed by atoms with van der Waals surface area (Å²) in [5.74, 6) is 0. The van der Waals surface area contributed by atoms with Crippen molar-refractivity contribution in [2.45, 2.75) is 4.90 Å². The third-order valence-electron chi connectivity index (χ3n) is 2.75.